The van der Waals surface area contributed by atoms with Crippen molar-refractivity contribution in [2.45, 2.75) is 39.2 Å². The molecule has 0 bridgehead atoms. The van der Waals surface area contributed by atoms with Crippen molar-refractivity contribution < 1.29 is 14.7 Å². The highest BCUT2D eigenvalue weighted by molar-refractivity contribution is 6.40. The van der Waals surface area contributed by atoms with Gasteiger partial charge in [0.25, 0.3) is 5.91 Å². The molecule has 172 valence electrons. The molecule has 3 rings (SSSR count). The third-order valence-corrected chi connectivity index (χ3v) is 5.92. The molecular formula is C25H25Cl2N3O3. The molecule has 0 fully saturated rings. The number of aromatic nitrogens is 1. The number of carbonyl (C=O) groups excluding carboxylic acids is 1. The molecule has 0 saturated heterocycles. The van der Waals surface area contributed by atoms with Crippen molar-refractivity contribution in [3.8, 4) is 0 Å². The fraction of sp³-hybridized carbons (Fsp3) is 0.240. The lowest BCUT2D eigenvalue weighted by atomic mass is 10.00. The van der Waals surface area contributed by atoms with E-state index in [-0.39, 0.29) is 22.0 Å². The molecule has 0 aliphatic heterocycles. The maximum Gasteiger partial charge on any atom is 0.326 e. The van der Waals surface area contributed by atoms with Gasteiger partial charge >= 0.3 is 5.97 Å². The topological polar surface area (TPSA) is 91.3 Å². The number of nitrogens with one attached hydrogen (secondary N) is 2. The largest absolute Gasteiger partial charge is 0.480 e. The van der Waals surface area contributed by atoms with E-state index in [1.54, 1.807) is 24.3 Å². The molecule has 0 saturated carbocycles. The number of halogens is 2. The molecule has 0 spiro atoms. The number of rotatable bonds is 9. The van der Waals surface area contributed by atoms with Gasteiger partial charge in [-0.2, -0.15) is 0 Å². The highest BCUT2D eigenvalue weighted by Crippen LogP contribution is 2.26. The van der Waals surface area contributed by atoms with Crippen molar-refractivity contribution in [2.75, 3.05) is 10.6 Å². The number of amides is 1. The molecule has 1 unspecified atom stereocenters. The molecule has 1 amide bonds. The van der Waals surface area contributed by atoms with Gasteiger partial charge in [-0.25, -0.2) is 4.79 Å². The molecule has 3 N–H and O–H groups in total. The fourth-order valence-corrected chi connectivity index (χ4v) is 4.12. The van der Waals surface area contributed by atoms with Crippen LogP contribution in [0.5, 0.6) is 0 Å². The highest BCUT2D eigenvalue weighted by Gasteiger charge is 2.21. The van der Waals surface area contributed by atoms with E-state index in [0.717, 1.165) is 35.2 Å². The molecule has 0 aliphatic rings. The maximum atomic E-state index is 12.5. The fourth-order valence-electron chi connectivity index (χ4n) is 3.58. The van der Waals surface area contributed by atoms with Crippen LogP contribution in [0.15, 0.2) is 54.9 Å². The Balaban J connectivity index is 1.74. The van der Waals surface area contributed by atoms with E-state index in [0.29, 0.717) is 5.69 Å². The number of carbonyl (C=O) groups is 2. The Morgan fingerprint density at radius 1 is 0.970 bits per heavy atom. The molecule has 0 aliphatic carbocycles. The van der Waals surface area contributed by atoms with Crippen LogP contribution in [0.25, 0.3) is 0 Å². The van der Waals surface area contributed by atoms with E-state index < -0.39 is 17.9 Å². The van der Waals surface area contributed by atoms with E-state index >= 15 is 0 Å². The number of aryl methyl sites for hydroxylation is 2. The van der Waals surface area contributed by atoms with E-state index in [9.17, 15) is 14.7 Å². The normalized spacial score (nSPS) is 11.6. The Morgan fingerprint density at radius 2 is 1.55 bits per heavy atom. The lowest BCUT2D eigenvalue weighted by Crippen LogP contribution is -2.32. The van der Waals surface area contributed by atoms with Crippen molar-refractivity contribution in [1.29, 1.82) is 0 Å². The van der Waals surface area contributed by atoms with Gasteiger partial charge in [0.1, 0.15) is 6.04 Å². The average molecular weight is 486 g/mol. The van der Waals surface area contributed by atoms with E-state index in [1.165, 1.54) is 12.4 Å². The lowest BCUT2D eigenvalue weighted by Gasteiger charge is -2.21. The maximum absolute atomic E-state index is 12.5. The number of carboxylic acids is 1. The molecule has 8 heteroatoms. The lowest BCUT2D eigenvalue weighted by molar-refractivity contribution is -0.137. The van der Waals surface area contributed by atoms with Gasteiger partial charge in [0.15, 0.2) is 0 Å². The molecule has 33 heavy (non-hydrogen) atoms. The molecular weight excluding hydrogens is 461 g/mol. The first kappa shape index (κ1) is 24.6. The van der Waals surface area contributed by atoms with Crippen LogP contribution in [0.4, 0.5) is 11.4 Å². The Kier molecular flexibility index (Phi) is 8.31. The Labute approximate surface area is 203 Å². The Bertz CT molecular complexity index is 1110. The van der Waals surface area contributed by atoms with Gasteiger partial charge in [0.05, 0.1) is 15.6 Å². The van der Waals surface area contributed by atoms with Crippen LogP contribution in [0.2, 0.25) is 10.0 Å². The summed E-state index contributed by atoms with van der Waals surface area (Å²) in [6.07, 6.45) is 4.61. The first-order valence-corrected chi connectivity index (χ1v) is 11.4. The quantitative estimate of drug-likeness (QED) is 0.352. The number of para-hydroxylation sites is 1. The molecule has 2 aromatic carbocycles. The summed E-state index contributed by atoms with van der Waals surface area (Å²) in [6.45, 7) is 4.10. The van der Waals surface area contributed by atoms with Crippen LogP contribution >= 0.6 is 23.2 Å². The van der Waals surface area contributed by atoms with Crippen molar-refractivity contribution in [2.24, 2.45) is 0 Å². The SMILES string of the molecule is CCc1cccc(CC)c1NC(Cc1ccc(NC(=O)c2c(Cl)cncc2Cl)cc1)C(=O)O. The van der Waals surface area contributed by atoms with Crippen LogP contribution in [-0.4, -0.2) is 28.0 Å². The van der Waals surface area contributed by atoms with Gasteiger partial charge in [-0.15, -0.1) is 0 Å². The van der Waals surface area contributed by atoms with Crippen molar-refractivity contribution in [3.63, 3.8) is 0 Å². The molecule has 1 aromatic heterocycles. The summed E-state index contributed by atoms with van der Waals surface area (Å²) in [7, 11) is 0. The number of hydrogen-bond acceptors (Lipinski definition) is 4. The summed E-state index contributed by atoms with van der Waals surface area (Å²) >= 11 is 12.1. The van der Waals surface area contributed by atoms with Crippen LogP contribution < -0.4 is 10.6 Å². The second-order valence-electron chi connectivity index (χ2n) is 7.53. The molecule has 0 radical (unpaired) electrons. The van der Waals surface area contributed by atoms with Crippen molar-refractivity contribution in [1.82, 2.24) is 4.98 Å². The summed E-state index contributed by atoms with van der Waals surface area (Å²) < 4.78 is 0. The van der Waals surface area contributed by atoms with Crippen LogP contribution in [-0.2, 0) is 24.1 Å². The van der Waals surface area contributed by atoms with Gasteiger partial charge in [0.2, 0.25) is 0 Å². The van der Waals surface area contributed by atoms with Crippen LogP contribution in [0, 0.1) is 0 Å². The average Bonchev–Trinajstić information content (AvgIpc) is 2.79. The molecule has 1 atom stereocenters. The monoisotopic (exact) mass is 485 g/mol. The van der Waals surface area contributed by atoms with Crippen LogP contribution in [0.3, 0.4) is 0 Å². The summed E-state index contributed by atoms with van der Waals surface area (Å²) in [5.74, 6) is -1.38. The summed E-state index contributed by atoms with van der Waals surface area (Å²) in [5, 5.41) is 16.1. The smallest absolute Gasteiger partial charge is 0.326 e. The van der Waals surface area contributed by atoms with E-state index in [2.05, 4.69) is 29.5 Å². The Hall–Kier alpha value is -3.09. The summed E-state index contributed by atoms with van der Waals surface area (Å²) in [5.41, 5.74) is 4.58. The van der Waals surface area contributed by atoms with Crippen molar-refractivity contribution in [3.05, 3.63) is 87.2 Å². The molecule has 3 aromatic rings. The molecule has 6 nitrogen and oxygen atoms in total. The van der Waals surface area contributed by atoms with E-state index in [1.807, 2.05) is 18.2 Å². The van der Waals surface area contributed by atoms with Gasteiger partial charge in [0, 0.05) is 30.2 Å². The number of carboxylic acid groups (broad SMARTS) is 1. The number of pyridine rings is 1. The predicted octanol–water partition coefficient (Wildman–Crippen LogP) is 5.87. The number of hydrogen-bond donors (Lipinski definition) is 3. The standard InChI is InChI=1S/C25H25Cl2N3O3/c1-3-16-6-5-7-17(4-2)23(16)30-21(25(32)33)12-15-8-10-18(11-9-15)29-24(31)22-19(26)13-28-14-20(22)27/h5-11,13-14,21,30H,3-4,12H2,1-2H3,(H,29,31)(H,32,33). The summed E-state index contributed by atoms with van der Waals surface area (Å²) in [4.78, 5) is 28.4. The minimum Gasteiger partial charge on any atom is -0.480 e. The van der Waals surface area contributed by atoms with Gasteiger partial charge in [-0.3, -0.25) is 9.78 Å². The van der Waals surface area contributed by atoms with Crippen molar-refractivity contribution >= 4 is 46.5 Å². The third kappa shape index (κ3) is 6.03. The zero-order chi connectivity index (χ0) is 24.0. The second-order valence-corrected chi connectivity index (χ2v) is 8.34. The number of anilines is 2. The minimum atomic E-state index is -0.928. The number of benzene rings is 2. The zero-order valence-electron chi connectivity index (χ0n) is 18.4. The second kappa shape index (κ2) is 11.2. The first-order valence-electron chi connectivity index (χ1n) is 10.6. The van der Waals surface area contributed by atoms with Gasteiger partial charge < -0.3 is 15.7 Å². The molecule has 1 heterocycles. The van der Waals surface area contributed by atoms with Gasteiger partial charge in [-0.1, -0.05) is 67.4 Å². The first-order chi connectivity index (χ1) is 15.8. The minimum absolute atomic E-state index is 0.147. The number of nitrogens with zero attached hydrogens (tertiary/aromatic N) is 1. The number of aliphatic carboxylic acids is 1. The van der Waals surface area contributed by atoms with Crippen LogP contribution in [0.1, 0.15) is 40.9 Å². The highest BCUT2D eigenvalue weighted by atomic mass is 35.5. The zero-order valence-corrected chi connectivity index (χ0v) is 19.9. The Morgan fingerprint density at radius 3 is 2.06 bits per heavy atom. The summed E-state index contributed by atoms with van der Waals surface area (Å²) in [6, 6.07) is 12.2. The predicted molar refractivity (Wildman–Crippen MR) is 133 cm³/mol. The van der Waals surface area contributed by atoms with Gasteiger partial charge in [-0.05, 0) is 41.7 Å². The third-order valence-electron chi connectivity index (χ3n) is 5.35. The van der Waals surface area contributed by atoms with E-state index in [4.69, 9.17) is 23.2 Å².